The maximum absolute atomic E-state index is 12.5. The lowest BCUT2D eigenvalue weighted by atomic mass is 10.2. The zero-order chi connectivity index (χ0) is 21.5. The van der Waals surface area contributed by atoms with Crippen molar-refractivity contribution >= 4 is 46.2 Å². The molecule has 0 saturated carbocycles. The SMILES string of the molecule is O=C(O)COCCOCCn1ncc2nc(NCc3ccc(Cl)c(Cl)c3)[nH]c(=O)c21. The highest BCUT2D eigenvalue weighted by Gasteiger charge is 2.11. The second-order valence-electron chi connectivity index (χ2n) is 6.18. The first-order chi connectivity index (χ1) is 14.4. The van der Waals surface area contributed by atoms with Gasteiger partial charge in [-0.05, 0) is 17.7 Å². The third-order valence-corrected chi connectivity index (χ3v) is 4.73. The summed E-state index contributed by atoms with van der Waals surface area (Å²) in [5, 5.41) is 16.6. The van der Waals surface area contributed by atoms with Crippen LogP contribution in [0.5, 0.6) is 0 Å². The highest BCUT2D eigenvalue weighted by Crippen LogP contribution is 2.22. The van der Waals surface area contributed by atoms with Crippen molar-refractivity contribution in [3.8, 4) is 0 Å². The fraction of sp³-hybridized carbons (Fsp3) is 0.333. The number of anilines is 1. The minimum atomic E-state index is -1.03. The highest BCUT2D eigenvalue weighted by molar-refractivity contribution is 6.42. The van der Waals surface area contributed by atoms with Gasteiger partial charge in [-0.1, -0.05) is 29.3 Å². The number of benzene rings is 1. The van der Waals surface area contributed by atoms with Crippen molar-refractivity contribution in [2.75, 3.05) is 31.7 Å². The molecule has 2 heterocycles. The number of aromatic nitrogens is 4. The Hall–Kier alpha value is -2.66. The molecule has 3 rings (SSSR count). The molecular weight excluding hydrogens is 437 g/mol. The summed E-state index contributed by atoms with van der Waals surface area (Å²) in [5.41, 5.74) is 1.33. The van der Waals surface area contributed by atoms with E-state index in [4.69, 9.17) is 37.8 Å². The number of hydrogen-bond donors (Lipinski definition) is 3. The molecule has 3 N–H and O–H groups in total. The van der Waals surface area contributed by atoms with Crippen molar-refractivity contribution in [3.63, 3.8) is 0 Å². The summed E-state index contributed by atoms with van der Waals surface area (Å²) in [5.74, 6) is -0.722. The van der Waals surface area contributed by atoms with Crippen molar-refractivity contribution in [2.45, 2.75) is 13.1 Å². The second kappa shape index (κ2) is 10.4. The van der Waals surface area contributed by atoms with Crippen molar-refractivity contribution in [3.05, 3.63) is 50.4 Å². The quantitative estimate of drug-likeness (QED) is 0.374. The third-order valence-electron chi connectivity index (χ3n) is 3.99. The molecule has 0 unspecified atom stereocenters. The average Bonchev–Trinajstić information content (AvgIpc) is 3.11. The Bertz CT molecular complexity index is 1080. The van der Waals surface area contributed by atoms with Crippen LogP contribution in [-0.2, 0) is 27.4 Å². The number of H-pyrrole nitrogens is 1. The summed E-state index contributed by atoms with van der Waals surface area (Å²) >= 11 is 11.9. The Kier molecular flexibility index (Phi) is 7.63. The van der Waals surface area contributed by atoms with E-state index in [9.17, 15) is 9.59 Å². The standard InChI is InChI=1S/C18H19Cl2N5O5/c19-12-2-1-11(7-13(12)20)8-21-18-23-14-9-22-25(16(14)17(28)24-18)3-4-29-5-6-30-10-15(26)27/h1-2,7,9H,3-6,8,10H2,(H,26,27)(H2,21,23,24,28). The number of aliphatic carboxylic acids is 1. The van der Waals surface area contributed by atoms with E-state index in [1.807, 2.05) is 6.07 Å². The molecule has 1 aromatic carbocycles. The van der Waals surface area contributed by atoms with Crippen molar-refractivity contribution in [1.29, 1.82) is 0 Å². The molecule has 0 bridgehead atoms. The number of halogens is 2. The average molecular weight is 456 g/mol. The molecule has 0 atom stereocenters. The Morgan fingerprint density at radius 1 is 1.20 bits per heavy atom. The Morgan fingerprint density at radius 3 is 2.77 bits per heavy atom. The Balaban J connectivity index is 1.56. The van der Waals surface area contributed by atoms with Gasteiger partial charge in [0.05, 0.1) is 42.6 Å². The minimum Gasteiger partial charge on any atom is -0.480 e. The summed E-state index contributed by atoms with van der Waals surface area (Å²) in [7, 11) is 0. The molecule has 12 heteroatoms. The fourth-order valence-corrected chi connectivity index (χ4v) is 2.95. The van der Waals surface area contributed by atoms with Crippen molar-refractivity contribution in [2.24, 2.45) is 0 Å². The minimum absolute atomic E-state index is 0.169. The number of rotatable bonds is 11. The summed E-state index contributed by atoms with van der Waals surface area (Å²) < 4.78 is 11.7. The molecule has 160 valence electrons. The molecule has 0 fully saturated rings. The van der Waals surface area contributed by atoms with Gasteiger partial charge in [0.1, 0.15) is 12.1 Å². The predicted octanol–water partition coefficient (Wildman–Crippen LogP) is 2.16. The maximum atomic E-state index is 12.5. The summed E-state index contributed by atoms with van der Waals surface area (Å²) in [6.45, 7) is 1.06. The molecular formula is C18H19Cl2N5O5. The summed E-state index contributed by atoms with van der Waals surface area (Å²) in [6.07, 6.45) is 1.50. The number of nitrogens with zero attached hydrogens (tertiary/aromatic N) is 3. The molecule has 0 saturated heterocycles. The number of carboxylic acids is 1. The number of nitrogens with one attached hydrogen (secondary N) is 2. The molecule has 0 amide bonds. The number of carbonyl (C=O) groups is 1. The lowest BCUT2D eigenvalue weighted by Gasteiger charge is -2.08. The molecule has 0 aliphatic carbocycles. The van der Waals surface area contributed by atoms with Crippen LogP contribution >= 0.6 is 23.2 Å². The van der Waals surface area contributed by atoms with Crippen LogP contribution in [-0.4, -0.2) is 57.3 Å². The summed E-state index contributed by atoms with van der Waals surface area (Å²) in [6, 6.07) is 5.26. The molecule has 2 aromatic heterocycles. The molecule has 0 aliphatic rings. The van der Waals surface area contributed by atoms with Crippen LogP contribution in [0.15, 0.2) is 29.2 Å². The number of carboxylic acid groups (broad SMARTS) is 1. The maximum Gasteiger partial charge on any atom is 0.329 e. The van der Waals surface area contributed by atoms with Gasteiger partial charge in [-0.2, -0.15) is 5.10 Å². The smallest absolute Gasteiger partial charge is 0.329 e. The molecule has 30 heavy (non-hydrogen) atoms. The first-order valence-corrected chi connectivity index (χ1v) is 9.70. The van der Waals surface area contributed by atoms with Gasteiger partial charge in [-0.25, -0.2) is 9.78 Å². The lowest BCUT2D eigenvalue weighted by Crippen LogP contribution is -2.18. The van der Waals surface area contributed by atoms with E-state index in [0.717, 1.165) is 5.56 Å². The van der Waals surface area contributed by atoms with Gasteiger partial charge in [-0.3, -0.25) is 14.5 Å². The lowest BCUT2D eigenvalue weighted by molar-refractivity contribution is -0.142. The van der Waals surface area contributed by atoms with Crippen molar-refractivity contribution in [1.82, 2.24) is 19.7 Å². The van der Waals surface area contributed by atoms with E-state index < -0.39 is 5.97 Å². The summed E-state index contributed by atoms with van der Waals surface area (Å²) in [4.78, 5) is 29.9. The van der Waals surface area contributed by atoms with Crippen LogP contribution in [0.3, 0.4) is 0 Å². The normalized spacial score (nSPS) is 11.1. The van der Waals surface area contributed by atoms with E-state index in [2.05, 4.69) is 20.4 Å². The monoisotopic (exact) mass is 455 g/mol. The number of fused-ring (bicyclic) bond motifs is 1. The van der Waals surface area contributed by atoms with Gasteiger partial charge >= 0.3 is 5.97 Å². The van der Waals surface area contributed by atoms with Crippen LogP contribution in [0, 0.1) is 0 Å². The van der Waals surface area contributed by atoms with Gasteiger partial charge in [-0.15, -0.1) is 0 Å². The van der Waals surface area contributed by atoms with Crippen LogP contribution in [0.25, 0.3) is 11.0 Å². The molecule has 10 nitrogen and oxygen atoms in total. The highest BCUT2D eigenvalue weighted by atomic mass is 35.5. The number of aromatic amines is 1. The van der Waals surface area contributed by atoms with Gasteiger partial charge in [0.15, 0.2) is 5.52 Å². The van der Waals surface area contributed by atoms with Crippen LogP contribution < -0.4 is 10.9 Å². The third kappa shape index (κ3) is 5.92. The van der Waals surface area contributed by atoms with E-state index in [-0.39, 0.29) is 32.0 Å². The van der Waals surface area contributed by atoms with Crippen LogP contribution in [0.4, 0.5) is 5.95 Å². The van der Waals surface area contributed by atoms with E-state index in [1.165, 1.54) is 10.9 Å². The van der Waals surface area contributed by atoms with E-state index in [0.29, 0.717) is 40.1 Å². The fourth-order valence-electron chi connectivity index (χ4n) is 2.63. The first kappa shape index (κ1) is 22.0. The van der Waals surface area contributed by atoms with Gasteiger partial charge in [0, 0.05) is 6.54 Å². The predicted molar refractivity (Wildman–Crippen MR) is 111 cm³/mol. The van der Waals surface area contributed by atoms with Gasteiger partial charge in [0.2, 0.25) is 5.95 Å². The van der Waals surface area contributed by atoms with Gasteiger partial charge in [0.25, 0.3) is 5.56 Å². The first-order valence-electron chi connectivity index (χ1n) is 8.95. The van der Waals surface area contributed by atoms with Crippen molar-refractivity contribution < 1.29 is 19.4 Å². The Labute approximate surface area is 180 Å². The largest absolute Gasteiger partial charge is 0.480 e. The van der Waals surface area contributed by atoms with E-state index >= 15 is 0 Å². The zero-order valence-corrected chi connectivity index (χ0v) is 17.2. The number of ether oxygens (including phenoxy) is 2. The molecule has 0 aliphatic heterocycles. The second-order valence-corrected chi connectivity index (χ2v) is 6.99. The van der Waals surface area contributed by atoms with Crippen LogP contribution in [0.1, 0.15) is 5.56 Å². The molecule has 0 spiro atoms. The molecule has 3 aromatic rings. The zero-order valence-electron chi connectivity index (χ0n) is 15.7. The van der Waals surface area contributed by atoms with Gasteiger partial charge < -0.3 is 19.9 Å². The topological polar surface area (TPSA) is 131 Å². The molecule has 0 radical (unpaired) electrons. The van der Waals surface area contributed by atoms with E-state index in [1.54, 1.807) is 12.1 Å². The number of hydrogen-bond acceptors (Lipinski definition) is 7. The Morgan fingerprint density at radius 2 is 2.00 bits per heavy atom. The van der Waals surface area contributed by atoms with Crippen LogP contribution in [0.2, 0.25) is 10.0 Å².